The van der Waals surface area contributed by atoms with E-state index in [1.54, 1.807) is 0 Å². The van der Waals surface area contributed by atoms with Crippen LogP contribution in [0.4, 0.5) is 0 Å². The molecule has 1 nitrogen and oxygen atoms in total. The monoisotopic (exact) mass is 293 g/mol. The largest absolute Gasteiger partial charge is 0.307 e. The molecule has 112 valence electrons. The highest BCUT2D eigenvalue weighted by atomic mass is 35.5. The van der Waals surface area contributed by atoms with Crippen LogP contribution < -0.4 is 5.32 Å². The minimum atomic E-state index is 0.472. The number of halogens is 1. The van der Waals surface area contributed by atoms with Gasteiger partial charge in [-0.05, 0) is 55.2 Å². The van der Waals surface area contributed by atoms with Crippen LogP contribution >= 0.6 is 11.6 Å². The summed E-state index contributed by atoms with van der Waals surface area (Å²) in [5, 5.41) is 4.73. The lowest BCUT2D eigenvalue weighted by Gasteiger charge is -2.35. The van der Waals surface area contributed by atoms with Crippen molar-refractivity contribution < 1.29 is 0 Å². The van der Waals surface area contributed by atoms with Gasteiger partial charge in [-0.2, -0.15) is 0 Å². The lowest BCUT2D eigenvalue weighted by molar-refractivity contribution is 0.222. The van der Waals surface area contributed by atoms with Crippen LogP contribution in [0.25, 0.3) is 0 Å². The van der Waals surface area contributed by atoms with Crippen molar-refractivity contribution in [2.45, 2.75) is 65.0 Å². The molecule has 2 rings (SSSR count). The average Bonchev–Trinajstić information content (AvgIpc) is 2.38. The molecular weight excluding hydrogens is 266 g/mol. The predicted molar refractivity (Wildman–Crippen MR) is 88.2 cm³/mol. The Hall–Kier alpha value is -0.530. The van der Waals surface area contributed by atoms with Crippen molar-refractivity contribution in [3.63, 3.8) is 0 Å². The minimum Gasteiger partial charge on any atom is -0.307 e. The summed E-state index contributed by atoms with van der Waals surface area (Å²) in [4.78, 5) is 0. The van der Waals surface area contributed by atoms with Crippen LogP contribution in [0.3, 0.4) is 0 Å². The van der Waals surface area contributed by atoms with Gasteiger partial charge >= 0.3 is 0 Å². The third kappa shape index (κ3) is 4.49. The summed E-state index contributed by atoms with van der Waals surface area (Å²) in [6.45, 7) is 7.04. The molecule has 2 heteroatoms. The Morgan fingerprint density at radius 2 is 1.70 bits per heavy atom. The summed E-state index contributed by atoms with van der Waals surface area (Å²) in [6.07, 6.45) is 6.42. The van der Waals surface area contributed by atoms with E-state index in [4.69, 9.17) is 11.6 Å². The Labute approximate surface area is 129 Å². The van der Waals surface area contributed by atoms with E-state index >= 15 is 0 Å². The maximum absolute atomic E-state index is 6.00. The molecule has 0 saturated heterocycles. The average molecular weight is 294 g/mol. The first-order chi connectivity index (χ1) is 9.58. The molecule has 1 N–H and O–H groups in total. The summed E-state index contributed by atoms with van der Waals surface area (Å²) in [6, 6.07) is 9.50. The van der Waals surface area contributed by atoms with Crippen molar-refractivity contribution in [2.24, 2.45) is 11.8 Å². The first kappa shape index (κ1) is 15.9. The minimum absolute atomic E-state index is 0.472. The second-order valence-electron chi connectivity index (χ2n) is 6.67. The van der Waals surface area contributed by atoms with Crippen LogP contribution in [-0.4, -0.2) is 6.04 Å². The molecule has 1 aromatic rings. The van der Waals surface area contributed by atoms with Gasteiger partial charge in [-0.1, -0.05) is 50.9 Å². The van der Waals surface area contributed by atoms with Gasteiger partial charge in [0, 0.05) is 17.1 Å². The Morgan fingerprint density at radius 1 is 1.10 bits per heavy atom. The highest BCUT2D eigenvalue weighted by molar-refractivity contribution is 6.30. The summed E-state index contributed by atoms with van der Waals surface area (Å²) in [5.41, 5.74) is 1.38. The van der Waals surface area contributed by atoms with Crippen molar-refractivity contribution in [3.05, 3.63) is 34.9 Å². The Morgan fingerprint density at radius 3 is 2.25 bits per heavy atom. The summed E-state index contributed by atoms with van der Waals surface area (Å²) >= 11 is 6.00. The van der Waals surface area contributed by atoms with Gasteiger partial charge in [0.05, 0.1) is 0 Å². The molecule has 0 heterocycles. The van der Waals surface area contributed by atoms with E-state index in [1.807, 2.05) is 12.1 Å². The quantitative estimate of drug-likeness (QED) is 0.745. The van der Waals surface area contributed by atoms with E-state index in [1.165, 1.54) is 37.7 Å². The molecule has 0 radical (unpaired) electrons. The summed E-state index contributed by atoms with van der Waals surface area (Å²) in [5.74, 6) is 1.70. The number of hydrogen-bond donors (Lipinski definition) is 1. The third-order valence-electron chi connectivity index (χ3n) is 4.47. The second kappa shape index (κ2) is 7.47. The summed E-state index contributed by atoms with van der Waals surface area (Å²) in [7, 11) is 0. The standard InChI is InChI=1S/C18H28ClN/c1-4-5-18(15-6-8-16(19)9-7-15)20-17-11-13(2)10-14(3)12-17/h6-9,13-14,17-18,20H,4-5,10-12H2,1-3H3. The van der Waals surface area contributed by atoms with Crippen LogP contribution in [0.15, 0.2) is 24.3 Å². The molecule has 0 spiro atoms. The van der Waals surface area contributed by atoms with Gasteiger partial charge in [0.25, 0.3) is 0 Å². The molecule has 3 unspecified atom stereocenters. The van der Waals surface area contributed by atoms with Crippen LogP contribution in [-0.2, 0) is 0 Å². The first-order valence-electron chi connectivity index (χ1n) is 8.10. The second-order valence-corrected chi connectivity index (χ2v) is 7.11. The van der Waals surface area contributed by atoms with Crippen molar-refractivity contribution in [1.82, 2.24) is 5.32 Å². The van der Waals surface area contributed by atoms with Gasteiger partial charge in [0.2, 0.25) is 0 Å². The van der Waals surface area contributed by atoms with E-state index < -0.39 is 0 Å². The van der Waals surface area contributed by atoms with Gasteiger partial charge < -0.3 is 5.32 Å². The molecule has 3 atom stereocenters. The zero-order valence-corrected chi connectivity index (χ0v) is 13.8. The van der Waals surface area contributed by atoms with Crippen LogP contribution in [0.1, 0.15) is 64.5 Å². The third-order valence-corrected chi connectivity index (χ3v) is 4.72. The van der Waals surface area contributed by atoms with Crippen molar-refractivity contribution in [2.75, 3.05) is 0 Å². The highest BCUT2D eigenvalue weighted by Gasteiger charge is 2.25. The van der Waals surface area contributed by atoms with Crippen molar-refractivity contribution >= 4 is 11.6 Å². The zero-order chi connectivity index (χ0) is 14.5. The van der Waals surface area contributed by atoms with Crippen LogP contribution in [0.2, 0.25) is 5.02 Å². The zero-order valence-electron chi connectivity index (χ0n) is 13.0. The highest BCUT2D eigenvalue weighted by Crippen LogP contribution is 2.31. The number of rotatable bonds is 5. The smallest absolute Gasteiger partial charge is 0.0406 e. The topological polar surface area (TPSA) is 12.0 Å². The van der Waals surface area contributed by atoms with E-state index in [-0.39, 0.29) is 0 Å². The molecule has 1 saturated carbocycles. The molecule has 1 fully saturated rings. The fraction of sp³-hybridized carbons (Fsp3) is 0.667. The van der Waals surface area contributed by atoms with Gasteiger partial charge in [-0.15, -0.1) is 0 Å². The molecule has 0 aliphatic heterocycles. The Kier molecular flexibility index (Phi) is 5.92. The molecule has 20 heavy (non-hydrogen) atoms. The Balaban J connectivity index is 2.03. The molecule has 0 aromatic heterocycles. The molecular formula is C18H28ClN. The number of nitrogens with one attached hydrogen (secondary N) is 1. The fourth-order valence-electron chi connectivity index (χ4n) is 3.70. The first-order valence-corrected chi connectivity index (χ1v) is 8.47. The molecule has 1 aliphatic rings. The van der Waals surface area contributed by atoms with E-state index in [0.717, 1.165) is 16.9 Å². The fourth-order valence-corrected chi connectivity index (χ4v) is 3.82. The van der Waals surface area contributed by atoms with Crippen molar-refractivity contribution in [1.29, 1.82) is 0 Å². The van der Waals surface area contributed by atoms with Crippen LogP contribution in [0, 0.1) is 11.8 Å². The van der Waals surface area contributed by atoms with Gasteiger partial charge in [0.1, 0.15) is 0 Å². The Bertz CT molecular complexity index is 390. The lowest BCUT2D eigenvalue weighted by atomic mass is 9.80. The van der Waals surface area contributed by atoms with E-state index in [9.17, 15) is 0 Å². The SMILES string of the molecule is CCCC(NC1CC(C)CC(C)C1)c1ccc(Cl)cc1. The normalized spacial score (nSPS) is 28.3. The van der Waals surface area contributed by atoms with Gasteiger partial charge in [-0.25, -0.2) is 0 Å². The number of benzene rings is 1. The van der Waals surface area contributed by atoms with Gasteiger partial charge in [0.15, 0.2) is 0 Å². The molecule has 1 aliphatic carbocycles. The van der Waals surface area contributed by atoms with E-state index in [2.05, 4.69) is 38.2 Å². The van der Waals surface area contributed by atoms with Crippen molar-refractivity contribution in [3.8, 4) is 0 Å². The van der Waals surface area contributed by atoms with Gasteiger partial charge in [-0.3, -0.25) is 0 Å². The molecule has 1 aromatic carbocycles. The van der Waals surface area contributed by atoms with E-state index in [0.29, 0.717) is 12.1 Å². The molecule has 0 bridgehead atoms. The lowest BCUT2D eigenvalue weighted by Crippen LogP contribution is -2.38. The summed E-state index contributed by atoms with van der Waals surface area (Å²) < 4.78 is 0. The number of hydrogen-bond acceptors (Lipinski definition) is 1. The van der Waals surface area contributed by atoms with Crippen LogP contribution in [0.5, 0.6) is 0 Å². The maximum Gasteiger partial charge on any atom is 0.0406 e. The molecule has 0 amide bonds. The predicted octanol–water partition coefficient (Wildman–Crippen LogP) is 5.60. The maximum atomic E-state index is 6.00.